The van der Waals surface area contributed by atoms with Gasteiger partial charge in [0.1, 0.15) is 0 Å². The average molecular weight is 251 g/mol. The number of ether oxygens (including phenoxy) is 2. The molecule has 0 amide bonds. The molecule has 1 N–H and O–H groups in total. The molecule has 0 saturated heterocycles. The first-order valence-corrected chi connectivity index (χ1v) is 6.00. The number of carbonyl (C=O) groups is 1. The Bertz CT molecular complexity index is 404. The zero-order chi connectivity index (χ0) is 13.5. The lowest BCUT2D eigenvalue weighted by Gasteiger charge is -2.15. The number of carbonyl (C=O) groups excluding carboxylic acids is 1. The molecule has 0 fully saturated rings. The molecular weight excluding hydrogens is 230 g/mol. The van der Waals surface area contributed by atoms with E-state index >= 15 is 0 Å². The lowest BCUT2D eigenvalue weighted by atomic mass is 10.1. The van der Waals surface area contributed by atoms with Crippen molar-refractivity contribution in [3.05, 3.63) is 29.3 Å². The Balaban J connectivity index is 2.78. The molecule has 1 aromatic carbocycles. The number of methoxy groups -OCH3 is 2. The van der Waals surface area contributed by atoms with Crippen LogP contribution >= 0.6 is 0 Å². The fourth-order valence-corrected chi connectivity index (χ4v) is 1.72. The normalized spacial score (nSPS) is 12.0. The molecule has 0 spiro atoms. The molecule has 0 bridgehead atoms. The van der Waals surface area contributed by atoms with Crippen LogP contribution < -0.4 is 5.32 Å². The van der Waals surface area contributed by atoms with Gasteiger partial charge in [0.15, 0.2) is 0 Å². The molecule has 1 rings (SSSR count). The number of hydrogen-bond acceptors (Lipinski definition) is 4. The van der Waals surface area contributed by atoms with Crippen molar-refractivity contribution in [2.45, 2.75) is 13.8 Å². The van der Waals surface area contributed by atoms with Gasteiger partial charge in [-0.25, -0.2) is 4.79 Å². The van der Waals surface area contributed by atoms with Crippen LogP contribution in [0.1, 0.15) is 22.8 Å². The predicted octanol–water partition coefficient (Wildman–Crippen LogP) is 2.48. The zero-order valence-corrected chi connectivity index (χ0v) is 11.4. The van der Waals surface area contributed by atoms with Gasteiger partial charge in [0.2, 0.25) is 0 Å². The van der Waals surface area contributed by atoms with Crippen molar-refractivity contribution in [1.29, 1.82) is 0 Å². The van der Waals surface area contributed by atoms with Gasteiger partial charge in [-0.15, -0.1) is 0 Å². The van der Waals surface area contributed by atoms with Crippen molar-refractivity contribution in [3.63, 3.8) is 0 Å². The zero-order valence-electron chi connectivity index (χ0n) is 11.4. The van der Waals surface area contributed by atoms with Gasteiger partial charge in [-0.3, -0.25) is 0 Å². The molecule has 4 nitrogen and oxygen atoms in total. The maximum absolute atomic E-state index is 11.7. The molecule has 0 heterocycles. The predicted molar refractivity (Wildman–Crippen MR) is 72.0 cm³/mol. The van der Waals surface area contributed by atoms with Crippen LogP contribution in [0, 0.1) is 12.8 Å². The fraction of sp³-hybridized carbons (Fsp3) is 0.500. The summed E-state index contributed by atoms with van der Waals surface area (Å²) in [5, 5.41) is 3.26. The Kier molecular flexibility index (Phi) is 5.65. The average Bonchev–Trinajstić information content (AvgIpc) is 2.36. The van der Waals surface area contributed by atoms with E-state index in [1.165, 1.54) is 7.11 Å². The van der Waals surface area contributed by atoms with Crippen molar-refractivity contribution in [2.24, 2.45) is 5.92 Å². The second-order valence-electron chi connectivity index (χ2n) is 4.48. The molecule has 0 aliphatic rings. The van der Waals surface area contributed by atoms with Crippen LogP contribution in [0.4, 0.5) is 5.69 Å². The van der Waals surface area contributed by atoms with E-state index in [9.17, 15) is 4.79 Å². The van der Waals surface area contributed by atoms with Crippen LogP contribution in [-0.2, 0) is 9.47 Å². The minimum Gasteiger partial charge on any atom is -0.465 e. The molecule has 0 aromatic heterocycles. The topological polar surface area (TPSA) is 47.6 Å². The molecule has 4 heteroatoms. The number of anilines is 1. The molecule has 0 radical (unpaired) electrons. The van der Waals surface area contributed by atoms with Crippen molar-refractivity contribution < 1.29 is 14.3 Å². The van der Waals surface area contributed by atoms with Crippen molar-refractivity contribution >= 4 is 11.7 Å². The number of nitrogens with one attached hydrogen (secondary N) is 1. The van der Waals surface area contributed by atoms with Crippen LogP contribution in [-0.4, -0.2) is 33.3 Å². The Morgan fingerprint density at radius 1 is 1.39 bits per heavy atom. The molecule has 1 aromatic rings. The SMILES string of the molecule is COCC(C)CNc1ccc(C)cc1C(=O)OC. The summed E-state index contributed by atoms with van der Waals surface area (Å²) in [6.45, 7) is 5.47. The molecule has 0 saturated carbocycles. The Morgan fingerprint density at radius 2 is 2.11 bits per heavy atom. The number of hydrogen-bond donors (Lipinski definition) is 1. The Morgan fingerprint density at radius 3 is 2.72 bits per heavy atom. The molecule has 100 valence electrons. The van der Waals surface area contributed by atoms with Crippen molar-refractivity contribution in [1.82, 2.24) is 0 Å². The summed E-state index contributed by atoms with van der Waals surface area (Å²) in [7, 11) is 3.07. The quantitative estimate of drug-likeness (QED) is 0.789. The highest BCUT2D eigenvalue weighted by Crippen LogP contribution is 2.18. The summed E-state index contributed by atoms with van der Waals surface area (Å²) in [6, 6.07) is 5.70. The first kappa shape index (κ1) is 14.5. The number of esters is 1. The summed E-state index contributed by atoms with van der Waals surface area (Å²) >= 11 is 0. The molecule has 18 heavy (non-hydrogen) atoms. The summed E-state index contributed by atoms with van der Waals surface area (Å²) in [5.74, 6) is 0.0578. The molecule has 1 atom stereocenters. The van der Waals surface area contributed by atoms with Gasteiger partial charge in [-0.05, 0) is 25.0 Å². The van der Waals surface area contributed by atoms with Gasteiger partial charge in [0.25, 0.3) is 0 Å². The van der Waals surface area contributed by atoms with E-state index in [2.05, 4.69) is 12.2 Å². The molecule has 0 aliphatic heterocycles. The molecule has 0 aliphatic carbocycles. The third-order valence-corrected chi connectivity index (χ3v) is 2.67. The molecular formula is C14H21NO3. The van der Waals surface area contributed by atoms with Gasteiger partial charge in [0.05, 0.1) is 19.3 Å². The second-order valence-corrected chi connectivity index (χ2v) is 4.48. The first-order valence-electron chi connectivity index (χ1n) is 6.00. The minimum atomic E-state index is -0.319. The summed E-state index contributed by atoms with van der Waals surface area (Å²) in [6.07, 6.45) is 0. The maximum Gasteiger partial charge on any atom is 0.339 e. The van der Waals surface area contributed by atoms with Crippen LogP contribution in [0.3, 0.4) is 0 Å². The third-order valence-electron chi connectivity index (χ3n) is 2.67. The van der Waals surface area contributed by atoms with Crippen LogP contribution in [0.25, 0.3) is 0 Å². The van der Waals surface area contributed by atoms with E-state index in [4.69, 9.17) is 9.47 Å². The second kappa shape index (κ2) is 7.01. The first-order chi connectivity index (χ1) is 8.58. The van der Waals surface area contributed by atoms with Crippen LogP contribution in [0.2, 0.25) is 0 Å². The molecule has 1 unspecified atom stereocenters. The minimum absolute atomic E-state index is 0.319. The van der Waals surface area contributed by atoms with E-state index in [1.54, 1.807) is 7.11 Å². The highest BCUT2D eigenvalue weighted by atomic mass is 16.5. The van der Waals surface area contributed by atoms with Crippen molar-refractivity contribution in [2.75, 3.05) is 32.7 Å². The maximum atomic E-state index is 11.7. The van der Waals surface area contributed by atoms with E-state index in [0.717, 1.165) is 17.8 Å². The van der Waals surface area contributed by atoms with E-state index in [0.29, 0.717) is 18.1 Å². The fourth-order valence-electron chi connectivity index (χ4n) is 1.72. The lowest BCUT2D eigenvalue weighted by Crippen LogP contribution is -2.17. The highest BCUT2D eigenvalue weighted by Gasteiger charge is 2.12. The van der Waals surface area contributed by atoms with Gasteiger partial charge >= 0.3 is 5.97 Å². The summed E-state index contributed by atoms with van der Waals surface area (Å²) < 4.78 is 9.86. The van der Waals surface area contributed by atoms with Gasteiger partial charge in [-0.1, -0.05) is 18.6 Å². The van der Waals surface area contributed by atoms with E-state index in [-0.39, 0.29) is 5.97 Å². The number of aryl methyl sites for hydroxylation is 1. The van der Waals surface area contributed by atoms with Gasteiger partial charge in [-0.2, -0.15) is 0 Å². The highest BCUT2D eigenvalue weighted by molar-refractivity contribution is 5.95. The van der Waals surface area contributed by atoms with Crippen molar-refractivity contribution in [3.8, 4) is 0 Å². The Labute approximate surface area is 108 Å². The summed E-state index contributed by atoms with van der Waals surface area (Å²) in [5.41, 5.74) is 2.41. The van der Waals surface area contributed by atoms with Gasteiger partial charge < -0.3 is 14.8 Å². The smallest absolute Gasteiger partial charge is 0.339 e. The largest absolute Gasteiger partial charge is 0.465 e. The van der Waals surface area contributed by atoms with E-state index < -0.39 is 0 Å². The third kappa shape index (κ3) is 4.04. The monoisotopic (exact) mass is 251 g/mol. The lowest BCUT2D eigenvalue weighted by molar-refractivity contribution is 0.0601. The number of rotatable bonds is 6. The standard InChI is InChI=1S/C14H21NO3/c1-10-5-6-13(12(7-10)14(16)18-4)15-8-11(2)9-17-3/h5-7,11,15H,8-9H2,1-4H3. The Hall–Kier alpha value is -1.55. The van der Waals surface area contributed by atoms with Crippen LogP contribution in [0.15, 0.2) is 18.2 Å². The van der Waals surface area contributed by atoms with Crippen LogP contribution in [0.5, 0.6) is 0 Å². The number of benzene rings is 1. The summed E-state index contributed by atoms with van der Waals surface area (Å²) in [4.78, 5) is 11.7. The van der Waals surface area contributed by atoms with E-state index in [1.807, 2.05) is 25.1 Å². The van der Waals surface area contributed by atoms with Gasteiger partial charge in [0, 0.05) is 19.3 Å².